The summed E-state index contributed by atoms with van der Waals surface area (Å²) in [6, 6.07) is 34.5. The molecule has 6 aromatic rings. The van der Waals surface area contributed by atoms with Crippen LogP contribution in [-0.2, 0) is 21.1 Å². The van der Waals surface area contributed by atoms with Gasteiger partial charge in [0, 0.05) is 17.9 Å². The first-order valence-electron chi connectivity index (χ1n) is 11.2. The van der Waals surface area contributed by atoms with E-state index in [2.05, 4.69) is 108 Å². The van der Waals surface area contributed by atoms with Crippen LogP contribution in [0.2, 0.25) is 0 Å². The van der Waals surface area contributed by atoms with E-state index in [1.165, 1.54) is 10.9 Å². The van der Waals surface area contributed by atoms with Gasteiger partial charge in [0.05, 0.1) is 5.03 Å². The first-order chi connectivity index (χ1) is 16.7. The van der Waals surface area contributed by atoms with Crippen LogP contribution in [0.25, 0.3) is 38.8 Å². The van der Waals surface area contributed by atoms with E-state index in [0.29, 0.717) is 0 Å². The third-order valence-electron chi connectivity index (χ3n) is 5.87. The van der Waals surface area contributed by atoms with Gasteiger partial charge in [-0.05, 0) is 60.1 Å². The van der Waals surface area contributed by atoms with Gasteiger partial charge in [-0.15, -0.1) is 12.1 Å². The second kappa shape index (κ2) is 9.81. The molecule has 3 aromatic carbocycles. The molecule has 0 aliphatic carbocycles. The van der Waals surface area contributed by atoms with Crippen LogP contribution in [0.1, 0.15) is 11.1 Å². The number of aryl methyl sites for hydroxylation is 2. The molecule has 0 fully saturated rings. The molecule has 0 N–H and O–H groups in total. The van der Waals surface area contributed by atoms with E-state index >= 15 is 0 Å². The molecule has 0 unspecified atom stereocenters. The van der Waals surface area contributed by atoms with Crippen molar-refractivity contribution in [3.63, 3.8) is 0 Å². The molecule has 0 atom stereocenters. The molecule has 35 heavy (non-hydrogen) atoms. The number of rotatable bonds is 4. The van der Waals surface area contributed by atoms with Gasteiger partial charge in [-0.1, -0.05) is 46.3 Å². The molecule has 172 valence electrons. The van der Waals surface area contributed by atoms with E-state index in [4.69, 9.17) is 4.98 Å². The second-order valence-electron chi connectivity index (χ2n) is 8.38. The van der Waals surface area contributed by atoms with Crippen LogP contribution in [0.3, 0.4) is 0 Å². The maximum absolute atomic E-state index is 4.72. The van der Waals surface area contributed by atoms with E-state index in [0.717, 1.165) is 48.8 Å². The average Bonchev–Trinajstić information content (AvgIpc) is 3.18. The van der Waals surface area contributed by atoms with Gasteiger partial charge in [0.15, 0.2) is 0 Å². The summed E-state index contributed by atoms with van der Waals surface area (Å²) in [6.45, 7) is 4.14. The van der Waals surface area contributed by atoms with Gasteiger partial charge in [0.1, 0.15) is 5.82 Å². The number of benzene rings is 3. The molecule has 0 saturated heterocycles. The Bertz CT molecular complexity index is 1650. The smallest absolute Gasteiger partial charge is 0.314 e. The Morgan fingerprint density at radius 1 is 0.743 bits per heavy atom. The zero-order valence-electron chi connectivity index (χ0n) is 19.2. The van der Waals surface area contributed by atoms with Crippen molar-refractivity contribution in [3.05, 3.63) is 115 Å². The molecule has 3 aromatic heterocycles. The third-order valence-corrected chi connectivity index (χ3v) is 6.76. The maximum atomic E-state index is 4.72. The van der Waals surface area contributed by atoms with Gasteiger partial charge in [-0.25, -0.2) is 21.1 Å². The number of fused-ring (bicyclic) bond motifs is 3. The summed E-state index contributed by atoms with van der Waals surface area (Å²) in [5.41, 5.74) is 6.49. The van der Waals surface area contributed by atoms with Crippen LogP contribution in [0.4, 0.5) is 0 Å². The van der Waals surface area contributed by atoms with Gasteiger partial charge in [0.2, 0.25) is 0 Å². The fourth-order valence-electron chi connectivity index (χ4n) is 4.22. The monoisotopic (exact) mass is 650 g/mol. The number of hydrogen-bond acceptors (Lipinski definition) is 3. The summed E-state index contributed by atoms with van der Waals surface area (Å²) in [7, 11) is 0. The molecule has 0 aliphatic rings. The molecular weight excluding hydrogens is 629 g/mol. The van der Waals surface area contributed by atoms with Crippen LogP contribution < -0.4 is 0 Å². The van der Waals surface area contributed by atoms with Gasteiger partial charge >= 0.3 is 21.1 Å². The first-order valence-corrected chi connectivity index (χ1v) is 12.0. The SMILES string of the molecule is Cc1ccc(-n2c3[c-]c(-c4[c-]c(Sc5cc(C)ccn5)ccc4)ccc3c3ccccc32)nc1.[Pt+2]. The van der Waals surface area contributed by atoms with Crippen molar-refractivity contribution in [1.82, 2.24) is 14.5 Å². The molecule has 0 spiro atoms. The van der Waals surface area contributed by atoms with Gasteiger partial charge < -0.3 is 4.57 Å². The Balaban J connectivity index is 0.00000253. The van der Waals surface area contributed by atoms with E-state index in [1.54, 1.807) is 11.8 Å². The molecule has 3 heterocycles. The van der Waals surface area contributed by atoms with Crippen molar-refractivity contribution in [2.45, 2.75) is 23.8 Å². The summed E-state index contributed by atoms with van der Waals surface area (Å²) in [5.74, 6) is 0.893. The Hall–Kier alpha value is -3.20. The van der Waals surface area contributed by atoms with Crippen LogP contribution >= 0.6 is 11.8 Å². The first kappa shape index (κ1) is 23.5. The predicted octanol–water partition coefficient (Wildman–Crippen LogP) is 7.61. The van der Waals surface area contributed by atoms with E-state index in [1.807, 2.05) is 18.5 Å². The zero-order chi connectivity index (χ0) is 23.1. The van der Waals surface area contributed by atoms with Gasteiger partial charge in [-0.2, -0.15) is 30.3 Å². The minimum absolute atomic E-state index is 0. The van der Waals surface area contributed by atoms with E-state index in [-0.39, 0.29) is 21.1 Å². The summed E-state index contributed by atoms with van der Waals surface area (Å²) in [5, 5.41) is 3.33. The van der Waals surface area contributed by atoms with Crippen LogP contribution in [0.5, 0.6) is 0 Å². The van der Waals surface area contributed by atoms with Crippen molar-refractivity contribution in [2.75, 3.05) is 0 Å². The van der Waals surface area contributed by atoms with E-state index in [9.17, 15) is 0 Å². The number of pyridine rings is 2. The molecule has 0 bridgehead atoms. The minimum Gasteiger partial charge on any atom is -0.314 e. The van der Waals surface area contributed by atoms with Crippen molar-refractivity contribution >= 4 is 33.6 Å². The molecular formula is C30H21N3PtS. The Morgan fingerprint density at radius 3 is 2.43 bits per heavy atom. The van der Waals surface area contributed by atoms with Crippen LogP contribution in [0, 0.1) is 26.0 Å². The standard InChI is InChI=1S/C30H21N3S.Pt/c1-20-14-15-31-30(16-20)34-24-7-5-6-22(17-24)23-11-12-26-25-8-3-4-9-27(25)33(28(26)18-23)29-13-10-21(2)19-32-29;/h3-16,19H,1-2H3;/q-2;+2. The summed E-state index contributed by atoms with van der Waals surface area (Å²) >= 11 is 1.62. The summed E-state index contributed by atoms with van der Waals surface area (Å²) in [4.78, 5) is 10.2. The molecule has 5 heteroatoms. The molecule has 0 saturated carbocycles. The van der Waals surface area contributed by atoms with Gasteiger partial charge in [-0.3, -0.25) is 0 Å². The number of nitrogens with zero attached hydrogens (tertiary/aromatic N) is 3. The Labute approximate surface area is 223 Å². The predicted molar refractivity (Wildman–Crippen MR) is 140 cm³/mol. The Morgan fingerprint density at radius 2 is 1.60 bits per heavy atom. The number of aromatic nitrogens is 3. The zero-order valence-corrected chi connectivity index (χ0v) is 22.3. The van der Waals surface area contributed by atoms with E-state index < -0.39 is 0 Å². The molecule has 0 aliphatic heterocycles. The topological polar surface area (TPSA) is 30.7 Å². The average molecular weight is 651 g/mol. The minimum atomic E-state index is 0. The molecule has 0 amide bonds. The molecule has 0 radical (unpaired) electrons. The third kappa shape index (κ3) is 4.57. The summed E-state index contributed by atoms with van der Waals surface area (Å²) in [6.07, 6.45) is 3.76. The van der Waals surface area contributed by atoms with Crippen molar-refractivity contribution in [3.8, 4) is 16.9 Å². The fourth-order valence-corrected chi connectivity index (χ4v) is 5.11. The fraction of sp³-hybridized carbons (Fsp3) is 0.0667. The molecule has 3 nitrogen and oxygen atoms in total. The quantitative estimate of drug-likeness (QED) is 0.184. The van der Waals surface area contributed by atoms with Crippen molar-refractivity contribution in [2.24, 2.45) is 0 Å². The largest absolute Gasteiger partial charge is 2.00 e. The Kier molecular flexibility index (Phi) is 6.60. The molecule has 6 rings (SSSR count). The maximum Gasteiger partial charge on any atom is 2.00 e. The van der Waals surface area contributed by atoms with Gasteiger partial charge in [0.25, 0.3) is 0 Å². The van der Waals surface area contributed by atoms with Crippen molar-refractivity contribution < 1.29 is 21.1 Å². The number of para-hydroxylation sites is 1. The summed E-state index contributed by atoms with van der Waals surface area (Å²) < 4.78 is 2.20. The number of hydrogen-bond donors (Lipinski definition) is 0. The normalized spacial score (nSPS) is 11.0. The van der Waals surface area contributed by atoms with Crippen LogP contribution in [0.15, 0.2) is 101 Å². The van der Waals surface area contributed by atoms with Crippen molar-refractivity contribution in [1.29, 1.82) is 0 Å². The second-order valence-corrected chi connectivity index (χ2v) is 9.45. The van der Waals surface area contributed by atoms with Crippen LogP contribution in [-0.4, -0.2) is 14.5 Å².